The van der Waals surface area contributed by atoms with Crippen LogP contribution in [0.4, 0.5) is 0 Å². The van der Waals surface area contributed by atoms with Crippen molar-refractivity contribution in [1.82, 2.24) is 0 Å². The van der Waals surface area contributed by atoms with Gasteiger partial charge in [0.1, 0.15) is 0 Å². The highest BCUT2D eigenvalue weighted by atomic mass is 13.7. The van der Waals surface area contributed by atoms with Gasteiger partial charge in [-0.15, -0.1) is 0 Å². The largest absolute Gasteiger partial charge is 0.0991 e. The predicted molar refractivity (Wildman–Crippen MR) is 63.7 cm³/mol. The monoisotopic (exact) mass is 172 g/mol. The lowest BCUT2D eigenvalue weighted by Crippen LogP contribution is -1.54. The van der Waals surface area contributed by atoms with E-state index in [1.54, 1.807) is 6.08 Å². The van der Waals surface area contributed by atoms with Crippen LogP contribution >= 0.6 is 0 Å². The highest BCUT2D eigenvalue weighted by Gasteiger charge is 1.63. The van der Waals surface area contributed by atoms with Gasteiger partial charge in [-0.2, -0.15) is 0 Å². The number of hydrogen-bond donors (Lipinski definition) is 0. The lowest BCUT2D eigenvalue weighted by atomic mass is 10.3. The van der Waals surface area contributed by atoms with Crippen molar-refractivity contribution in [3.8, 4) is 0 Å². The Bertz CT molecular complexity index is 64.1. The molecule has 0 saturated heterocycles. The van der Waals surface area contributed by atoms with Crippen LogP contribution in [0.2, 0.25) is 0 Å². The Morgan fingerprint density at radius 1 is 0.833 bits per heavy atom. The van der Waals surface area contributed by atoms with Crippen LogP contribution in [0.15, 0.2) is 24.3 Å². The van der Waals surface area contributed by atoms with E-state index in [0.717, 1.165) is 0 Å². The molecule has 0 aromatic heterocycles. The van der Waals surface area contributed by atoms with Crippen LogP contribution in [0.25, 0.3) is 0 Å². The van der Waals surface area contributed by atoms with Gasteiger partial charge in [-0.3, -0.25) is 0 Å². The fraction of sp³-hybridized carbons (Fsp3) is 0.667. The van der Waals surface area contributed by atoms with Crippen LogP contribution in [-0.2, 0) is 0 Å². The zero-order valence-electron chi connectivity index (χ0n) is 10.4. The van der Waals surface area contributed by atoms with E-state index < -0.39 is 0 Å². The molecular formula is C12H28. The molecule has 0 aliphatic rings. The Labute approximate surface area is 80.4 Å². The molecule has 0 spiro atoms. The SMILES string of the molecule is C=CC=C(C)C.CC.CC.CC. The lowest BCUT2D eigenvalue weighted by Gasteiger charge is -1.76. The average molecular weight is 172 g/mol. The zero-order valence-corrected chi connectivity index (χ0v) is 10.4. The summed E-state index contributed by atoms with van der Waals surface area (Å²) in [5.41, 5.74) is 1.30. The standard InChI is InChI=1S/C6H10.3C2H6/c1-4-5-6(2)3;3*1-2/h4-5H,1H2,2-3H3;3*1-2H3. The van der Waals surface area contributed by atoms with Crippen LogP contribution in [0, 0.1) is 0 Å². The van der Waals surface area contributed by atoms with Gasteiger partial charge in [-0.1, -0.05) is 65.8 Å². The predicted octanol–water partition coefficient (Wildman–Crippen LogP) is 5.22. The summed E-state index contributed by atoms with van der Waals surface area (Å²) in [4.78, 5) is 0. The van der Waals surface area contributed by atoms with E-state index in [0.29, 0.717) is 0 Å². The fourth-order valence-corrected chi connectivity index (χ4v) is 0.236. The van der Waals surface area contributed by atoms with Gasteiger partial charge in [-0.25, -0.2) is 0 Å². The third-order valence-electron chi connectivity index (χ3n) is 0.451. The molecule has 0 radical (unpaired) electrons. The van der Waals surface area contributed by atoms with Gasteiger partial charge >= 0.3 is 0 Å². The lowest BCUT2D eigenvalue weighted by molar-refractivity contribution is 1.40. The van der Waals surface area contributed by atoms with Crippen molar-refractivity contribution in [3.05, 3.63) is 24.3 Å². The molecule has 76 valence electrons. The van der Waals surface area contributed by atoms with Crippen LogP contribution in [0.5, 0.6) is 0 Å². The molecule has 0 fully saturated rings. The second kappa shape index (κ2) is 46.9. The molecule has 0 unspecified atom stereocenters. The molecule has 0 amide bonds. The Morgan fingerprint density at radius 3 is 1.08 bits per heavy atom. The summed E-state index contributed by atoms with van der Waals surface area (Å²) in [5.74, 6) is 0. The minimum atomic E-state index is 1.30. The normalized spacial score (nSPS) is 5.00. The Hall–Kier alpha value is -0.520. The van der Waals surface area contributed by atoms with E-state index >= 15 is 0 Å². The second-order valence-corrected chi connectivity index (χ2v) is 1.48. The molecule has 0 atom stereocenters. The third kappa shape index (κ3) is 111. The summed E-state index contributed by atoms with van der Waals surface area (Å²) in [6.45, 7) is 19.6. The Morgan fingerprint density at radius 2 is 1.08 bits per heavy atom. The van der Waals surface area contributed by atoms with E-state index in [1.165, 1.54) is 5.57 Å². The van der Waals surface area contributed by atoms with E-state index in [9.17, 15) is 0 Å². The first-order chi connectivity index (χ1) is 5.77. The molecule has 0 rings (SSSR count). The molecule has 0 aromatic rings. The van der Waals surface area contributed by atoms with E-state index in [2.05, 4.69) is 6.58 Å². The number of allylic oxidation sites excluding steroid dienone is 3. The molecule has 0 nitrogen and oxygen atoms in total. The van der Waals surface area contributed by atoms with Crippen LogP contribution in [-0.4, -0.2) is 0 Å². The summed E-state index contributed by atoms with van der Waals surface area (Å²) < 4.78 is 0. The van der Waals surface area contributed by atoms with E-state index in [-0.39, 0.29) is 0 Å². The molecule has 0 aliphatic heterocycles. The minimum absolute atomic E-state index is 1.30. The highest BCUT2D eigenvalue weighted by molar-refractivity contribution is 5.04. The molecule has 0 aliphatic carbocycles. The van der Waals surface area contributed by atoms with Gasteiger partial charge in [0, 0.05) is 0 Å². The first-order valence-electron chi connectivity index (χ1n) is 5.03. The van der Waals surface area contributed by atoms with Gasteiger partial charge < -0.3 is 0 Å². The van der Waals surface area contributed by atoms with Crippen molar-refractivity contribution < 1.29 is 0 Å². The molecule has 0 heteroatoms. The van der Waals surface area contributed by atoms with Gasteiger partial charge in [0.2, 0.25) is 0 Å². The molecular weight excluding hydrogens is 144 g/mol. The van der Waals surface area contributed by atoms with Gasteiger partial charge in [0.15, 0.2) is 0 Å². The maximum atomic E-state index is 3.52. The maximum Gasteiger partial charge on any atom is -0.0439 e. The fourth-order valence-electron chi connectivity index (χ4n) is 0.236. The van der Waals surface area contributed by atoms with Crippen LogP contribution in [0.1, 0.15) is 55.4 Å². The van der Waals surface area contributed by atoms with Crippen molar-refractivity contribution >= 4 is 0 Å². The number of hydrogen-bond acceptors (Lipinski definition) is 0. The van der Waals surface area contributed by atoms with Crippen molar-refractivity contribution in [3.63, 3.8) is 0 Å². The molecule has 0 heterocycles. The molecule has 0 bridgehead atoms. The van der Waals surface area contributed by atoms with Gasteiger partial charge in [0.05, 0.1) is 0 Å². The Kier molecular flexibility index (Phi) is 88.1. The quantitative estimate of drug-likeness (QED) is 0.476. The van der Waals surface area contributed by atoms with Crippen molar-refractivity contribution in [2.24, 2.45) is 0 Å². The zero-order chi connectivity index (χ0) is 11.0. The van der Waals surface area contributed by atoms with Crippen molar-refractivity contribution in [2.45, 2.75) is 55.4 Å². The summed E-state index contributed by atoms with van der Waals surface area (Å²) in [7, 11) is 0. The topological polar surface area (TPSA) is 0 Å². The summed E-state index contributed by atoms with van der Waals surface area (Å²) in [5, 5.41) is 0. The molecule has 0 N–H and O–H groups in total. The minimum Gasteiger partial charge on any atom is -0.0991 e. The molecule has 12 heavy (non-hydrogen) atoms. The second-order valence-electron chi connectivity index (χ2n) is 1.48. The first kappa shape index (κ1) is 22.5. The third-order valence-corrected chi connectivity index (χ3v) is 0.451. The molecule has 0 aromatic carbocycles. The smallest absolute Gasteiger partial charge is 0.0439 e. The summed E-state index contributed by atoms with van der Waals surface area (Å²) in [6, 6.07) is 0. The number of rotatable bonds is 1. The van der Waals surface area contributed by atoms with Crippen LogP contribution < -0.4 is 0 Å². The Balaban J connectivity index is -0.0000000453. The first-order valence-corrected chi connectivity index (χ1v) is 5.03. The average Bonchev–Trinajstić information content (AvgIpc) is 2.14. The highest BCUT2D eigenvalue weighted by Crippen LogP contribution is 1.85. The molecule has 0 saturated carbocycles. The van der Waals surface area contributed by atoms with Gasteiger partial charge in [-0.05, 0) is 13.8 Å². The van der Waals surface area contributed by atoms with E-state index in [1.807, 2.05) is 61.5 Å². The summed E-state index contributed by atoms with van der Waals surface area (Å²) >= 11 is 0. The van der Waals surface area contributed by atoms with Crippen LogP contribution in [0.3, 0.4) is 0 Å². The van der Waals surface area contributed by atoms with Gasteiger partial charge in [0.25, 0.3) is 0 Å². The summed E-state index contributed by atoms with van der Waals surface area (Å²) in [6.07, 6.45) is 3.76. The maximum absolute atomic E-state index is 3.52. The van der Waals surface area contributed by atoms with E-state index in [4.69, 9.17) is 0 Å². The van der Waals surface area contributed by atoms with Crippen molar-refractivity contribution in [1.29, 1.82) is 0 Å². The van der Waals surface area contributed by atoms with Crippen molar-refractivity contribution in [2.75, 3.05) is 0 Å².